The van der Waals surface area contributed by atoms with E-state index in [9.17, 15) is 18.3 Å². The predicted molar refractivity (Wildman–Crippen MR) is 55.2 cm³/mol. The van der Waals surface area contributed by atoms with Gasteiger partial charge in [0, 0.05) is 11.9 Å². The number of alkyl halides is 3. The maximum atomic E-state index is 12.2. The number of thiazole rings is 1. The van der Waals surface area contributed by atoms with E-state index in [-0.39, 0.29) is 12.2 Å². The van der Waals surface area contributed by atoms with Gasteiger partial charge in [0.15, 0.2) is 5.01 Å². The monoisotopic (exact) mass is 254 g/mol. The van der Waals surface area contributed by atoms with Crippen molar-refractivity contribution in [3.05, 3.63) is 16.1 Å². The Hall–Kier alpha value is -0.660. The molecule has 92 valence electrons. The number of hydrogen-bond acceptors (Lipinski definition) is 4. The van der Waals surface area contributed by atoms with Gasteiger partial charge in [-0.1, -0.05) is 6.92 Å². The van der Waals surface area contributed by atoms with Crippen LogP contribution in [0.4, 0.5) is 13.2 Å². The minimum absolute atomic E-state index is 0.0703. The Morgan fingerprint density at radius 1 is 1.56 bits per heavy atom. The molecule has 0 saturated heterocycles. The normalized spacial score (nSPS) is 14.1. The molecule has 1 rings (SSSR count). The summed E-state index contributed by atoms with van der Waals surface area (Å²) in [5, 5.41) is 12.8. The van der Waals surface area contributed by atoms with Crippen molar-refractivity contribution in [3.63, 3.8) is 0 Å². The molecule has 0 aromatic carbocycles. The topological polar surface area (TPSA) is 45.1 Å². The van der Waals surface area contributed by atoms with Gasteiger partial charge in [-0.3, -0.25) is 0 Å². The third-order valence-corrected chi connectivity index (χ3v) is 2.78. The average Bonchev–Trinajstić information content (AvgIpc) is 2.66. The van der Waals surface area contributed by atoms with Crippen molar-refractivity contribution in [1.82, 2.24) is 10.3 Å². The highest BCUT2D eigenvalue weighted by Crippen LogP contribution is 2.32. The molecule has 0 aliphatic heterocycles. The average molecular weight is 254 g/mol. The van der Waals surface area contributed by atoms with Gasteiger partial charge < -0.3 is 10.4 Å². The summed E-state index contributed by atoms with van der Waals surface area (Å²) in [6.07, 6.45) is -4.52. The van der Waals surface area contributed by atoms with E-state index in [4.69, 9.17) is 0 Å². The van der Waals surface area contributed by atoms with E-state index < -0.39 is 17.3 Å². The number of nitrogens with one attached hydrogen (secondary N) is 1. The molecule has 0 bridgehead atoms. The minimum atomic E-state index is -4.43. The molecule has 0 aliphatic rings. The second-order valence-electron chi connectivity index (χ2n) is 3.30. The lowest BCUT2D eigenvalue weighted by Crippen LogP contribution is -2.22. The highest BCUT2D eigenvalue weighted by atomic mass is 32.1. The molecule has 1 atom stereocenters. The first kappa shape index (κ1) is 13.4. The van der Waals surface area contributed by atoms with E-state index in [1.165, 1.54) is 5.38 Å². The van der Waals surface area contributed by atoms with E-state index in [0.717, 1.165) is 6.42 Å². The Morgan fingerprint density at radius 2 is 2.25 bits per heavy atom. The van der Waals surface area contributed by atoms with Gasteiger partial charge in [-0.05, 0) is 13.0 Å². The number of hydrogen-bond donors (Lipinski definition) is 2. The summed E-state index contributed by atoms with van der Waals surface area (Å²) >= 11 is 0.500. The fraction of sp³-hybridized carbons (Fsp3) is 0.667. The number of aliphatic hydroxyl groups excluding tert-OH is 1. The Bertz CT molecular complexity index is 327. The molecule has 0 radical (unpaired) electrons. The number of aliphatic hydroxyl groups is 1. The molecule has 0 spiro atoms. The van der Waals surface area contributed by atoms with Crippen LogP contribution in [0.1, 0.15) is 30.2 Å². The van der Waals surface area contributed by atoms with Crippen LogP contribution >= 0.6 is 11.3 Å². The molecule has 2 N–H and O–H groups in total. The van der Waals surface area contributed by atoms with Gasteiger partial charge in [-0.2, -0.15) is 13.2 Å². The molecule has 0 aliphatic carbocycles. The number of nitrogens with zero attached hydrogens (tertiary/aromatic N) is 1. The maximum absolute atomic E-state index is 12.2. The van der Waals surface area contributed by atoms with Gasteiger partial charge in [0.1, 0.15) is 6.10 Å². The summed E-state index contributed by atoms with van der Waals surface area (Å²) in [5.74, 6) is 0. The van der Waals surface area contributed by atoms with Crippen LogP contribution in [0.3, 0.4) is 0 Å². The molecular weight excluding hydrogens is 241 g/mol. The molecule has 1 aromatic heterocycles. The molecule has 0 fully saturated rings. The zero-order valence-corrected chi connectivity index (χ0v) is 9.53. The largest absolute Gasteiger partial charge is 0.443 e. The summed E-state index contributed by atoms with van der Waals surface area (Å²) in [5.41, 5.74) is 0.0703. The van der Waals surface area contributed by atoms with Crippen LogP contribution in [0.15, 0.2) is 5.38 Å². The van der Waals surface area contributed by atoms with Gasteiger partial charge in [-0.15, -0.1) is 11.3 Å². The van der Waals surface area contributed by atoms with Gasteiger partial charge in [0.25, 0.3) is 0 Å². The van der Waals surface area contributed by atoms with Crippen molar-refractivity contribution in [2.24, 2.45) is 0 Å². The smallest absolute Gasteiger partial charge is 0.385 e. The van der Waals surface area contributed by atoms with Crippen molar-refractivity contribution < 1.29 is 18.3 Å². The van der Waals surface area contributed by atoms with Crippen molar-refractivity contribution >= 4 is 11.3 Å². The van der Waals surface area contributed by atoms with Crippen molar-refractivity contribution in [2.75, 3.05) is 13.1 Å². The third kappa shape index (κ3) is 3.73. The lowest BCUT2D eigenvalue weighted by molar-refractivity contribution is -0.137. The standard InChI is InChI=1S/C9H13F3N2OS/c1-2-3-13-4-7(15)6-5-16-8(14-6)9(10,11)12/h5,7,13,15H,2-4H2,1H3. The van der Waals surface area contributed by atoms with Crippen LogP contribution in [-0.2, 0) is 6.18 Å². The van der Waals surface area contributed by atoms with E-state index in [0.29, 0.717) is 17.9 Å². The first-order valence-corrected chi connectivity index (χ1v) is 5.74. The Kier molecular flexibility index (Phi) is 4.69. The fourth-order valence-electron chi connectivity index (χ4n) is 1.09. The van der Waals surface area contributed by atoms with E-state index in [1.54, 1.807) is 0 Å². The molecule has 0 amide bonds. The van der Waals surface area contributed by atoms with Crippen molar-refractivity contribution in [2.45, 2.75) is 25.6 Å². The maximum Gasteiger partial charge on any atom is 0.443 e. The van der Waals surface area contributed by atoms with Gasteiger partial charge in [-0.25, -0.2) is 4.98 Å². The Morgan fingerprint density at radius 3 is 2.75 bits per heavy atom. The second kappa shape index (κ2) is 5.60. The molecule has 16 heavy (non-hydrogen) atoms. The lowest BCUT2D eigenvalue weighted by Gasteiger charge is -2.08. The number of halogens is 3. The van der Waals surface area contributed by atoms with E-state index >= 15 is 0 Å². The molecule has 0 saturated carbocycles. The second-order valence-corrected chi connectivity index (χ2v) is 4.15. The summed E-state index contributed by atoms with van der Waals surface area (Å²) in [4.78, 5) is 3.36. The van der Waals surface area contributed by atoms with E-state index in [2.05, 4.69) is 10.3 Å². The molecule has 3 nitrogen and oxygen atoms in total. The predicted octanol–water partition coefficient (Wildman–Crippen LogP) is 2.19. The SMILES string of the molecule is CCCNCC(O)c1csc(C(F)(F)F)n1. The molecular formula is C9H13F3N2OS. The minimum Gasteiger partial charge on any atom is -0.385 e. The zero-order valence-electron chi connectivity index (χ0n) is 8.71. The molecule has 1 unspecified atom stereocenters. The van der Waals surface area contributed by atoms with Crippen LogP contribution in [-0.4, -0.2) is 23.2 Å². The van der Waals surface area contributed by atoms with Crippen LogP contribution in [0.25, 0.3) is 0 Å². The van der Waals surface area contributed by atoms with Crippen LogP contribution in [0, 0.1) is 0 Å². The summed E-state index contributed by atoms with van der Waals surface area (Å²) in [6.45, 7) is 2.90. The zero-order chi connectivity index (χ0) is 12.2. The quantitative estimate of drug-likeness (QED) is 0.792. The summed E-state index contributed by atoms with van der Waals surface area (Å²) < 4.78 is 36.7. The van der Waals surface area contributed by atoms with Crippen LogP contribution in [0.5, 0.6) is 0 Å². The fourth-order valence-corrected chi connectivity index (χ4v) is 1.82. The lowest BCUT2D eigenvalue weighted by atomic mass is 10.3. The highest BCUT2D eigenvalue weighted by Gasteiger charge is 2.35. The Labute approximate surface area is 95.3 Å². The third-order valence-electron chi connectivity index (χ3n) is 1.87. The van der Waals surface area contributed by atoms with Gasteiger partial charge in [0.05, 0.1) is 5.69 Å². The van der Waals surface area contributed by atoms with Gasteiger partial charge in [0.2, 0.25) is 0 Å². The van der Waals surface area contributed by atoms with Gasteiger partial charge >= 0.3 is 6.18 Å². The Balaban J connectivity index is 2.56. The molecule has 7 heteroatoms. The van der Waals surface area contributed by atoms with Crippen LogP contribution in [0.2, 0.25) is 0 Å². The van der Waals surface area contributed by atoms with Crippen molar-refractivity contribution in [3.8, 4) is 0 Å². The summed E-state index contributed by atoms with van der Waals surface area (Å²) in [6, 6.07) is 0. The van der Waals surface area contributed by atoms with Crippen LogP contribution < -0.4 is 5.32 Å². The molecule has 1 aromatic rings. The summed E-state index contributed by atoms with van der Waals surface area (Å²) in [7, 11) is 0. The number of aromatic nitrogens is 1. The highest BCUT2D eigenvalue weighted by molar-refractivity contribution is 7.09. The van der Waals surface area contributed by atoms with E-state index in [1.807, 2.05) is 6.92 Å². The van der Waals surface area contributed by atoms with Crippen molar-refractivity contribution in [1.29, 1.82) is 0 Å². The first-order chi connectivity index (χ1) is 7.45. The number of rotatable bonds is 5. The first-order valence-electron chi connectivity index (χ1n) is 4.86. The molecule has 1 heterocycles.